The van der Waals surface area contributed by atoms with Crippen LogP contribution in [0.25, 0.3) is 0 Å². The Balaban J connectivity index is 2.67. The molecule has 1 heterocycles. The first-order valence-electron chi connectivity index (χ1n) is 5.27. The highest BCUT2D eigenvalue weighted by molar-refractivity contribution is 8.00. The summed E-state index contributed by atoms with van der Waals surface area (Å²) in [4.78, 5) is 13.8. The van der Waals surface area contributed by atoms with Gasteiger partial charge >= 0.3 is 0 Å². The number of oxime groups is 1. The van der Waals surface area contributed by atoms with Gasteiger partial charge in [-0.3, -0.25) is 4.79 Å². The minimum Gasteiger partial charge on any atom is -0.409 e. The Bertz CT molecular complexity index is 304. The van der Waals surface area contributed by atoms with Crippen molar-refractivity contribution < 1.29 is 10.0 Å². The molecule has 0 saturated carbocycles. The molecule has 1 amide bonds. The van der Waals surface area contributed by atoms with Gasteiger partial charge in [-0.15, -0.1) is 0 Å². The first-order chi connectivity index (χ1) is 7.37. The molecule has 0 bridgehead atoms. The number of nitrogens with two attached hydrogens (primary N) is 1. The fourth-order valence-corrected chi connectivity index (χ4v) is 2.80. The van der Waals surface area contributed by atoms with Crippen LogP contribution >= 0.6 is 11.8 Å². The largest absolute Gasteiger partial charge is 0.409 e. The van der Waals surface area contributed by atoms with Crippen LogP contribution in [0.4, 0.5) is 0 Å². The number of amidine groups is 1. The summed E-state index contributed by atoms with van der Waals surface area (Å²) in [6, 6.07) is 0. The van der Waals surface area contributed by atoms with Crippen LogP contribution in [-0.2, 0) is 4.79 Å². The molecule has 5 nitrogen and oxygen atoms in total. The molecule has 1 atom stereocenters. The summed E-state index contributed by atoms with van der Waals surface area (Å²) < 4.78 is 0.0821. The van der Waals surface area contributed by atoms with Crippen LogP contribution in [0, 0.1) is 5.92 Å². The minimum atomic E-state index is -0.552. The van der Waals surface area contributed by atoms with E-state index in [9.17, 15) is 4.79 Å². The van der Waals surface area contributed by atoms with Crippen LogP contribution in [0.3, 0.4) is 0 Å². The highest BCUT2D eigenvalue weighted by atomic mass is 32.2. The summed E-state index contributed by atoms with van der Waals surface area (Å²) in [5.41, 5.74) is 5.44. The lowest BCUT2D eigenvalue weighted by Gasteiger charge is -2.38. The second-order valence-electron chi connectivity index (χ2n) is 4.61. The van der Waals surface area contributed by atoms with Gasteiger partial charge in [-0.05, 0) is 20.8 Å². The molecule has 0 aromatic heterocycles. The second kappa shape index (κ2) is 4.95. The molecule has 92 valence electrons. The zero-order chi connectivity index (χ0) is 12.3. The summed E-state index contributed by atoms with van der Waals surface area (Å²) in [7, 11) is 0. The van der Waals surface area contributed by atoms with Gasteiger partial charge in [-0.25, -0.2) is 0 Å². The maximum absolute atomic E-state index is 12.0. The minimum absolute atomic E-state index is 0.0268. The first-order valence-corrected chi connectivity index (χ1v) is 6.26. The quantitative estimate of drug-likeness (QED) is 0.325. The summed E-state index contributed by atoms with van der Waals surface area (Å²) in [5.74, 6) is 0.287. The van der Waals surface area contributed by atoms with Crippen molar-refractivity contribution in [3.63, 3.8) is 0 Å². The van der Waals surface area contributed by atoms with Crippen molar-refractivity contribution in [2.75, 3.05) is 18.8 Å². The van der Waals surface area contributed by atoms with Crippen molar-refractivity contribution in [2.45, 2.75) is 25.5 Å². The number of carbonyl (C=O) groups excluding carboxylic acids is 1. The van der Waals surface area contributed by atoms with Gasteiger partial charge in [0.15, 0.2) is 5.84 Å². The van der Waals surface area contributed by atoms with Gasteiger partial charge in [-0.2, -0.15) is 11.8 Å². The van der Waals surface area contributed by atoms with E-state index >= 15 is 0 Å². The van der Waals surface area contributed by atoms with E-state index in [2.05, 4.69) is 19.0 Å². The van der Waals surface area contributed by atoms with Crippen LogP contribution in [0.15, 0.2) is 5.16 Å². The van der Waals surface area contributed by atoms with Crippen molar-refractivity contribution in [1.29, 1.82) is 0 Å². The third-order valence-electron chi connectivity index (χ3n) is 2.67. The average Bonchev–Trinajstić information content (AvgIpc) is 2.24. The molecule has 1 aliphatic rings. The number of rotatable bonds is 2. The fraction of sp³-hybridized carbons (Fsp3) is 0.800. The maximum atomic E-state index is 12.0. The summed E-state index contributed by atoms with van der Waals surface area (Å²) in [6.45, 7) is 7.33. The van der Waals surface area contributed by atoms with Crippen molar-refractivity contribution in [2.24, 2.45) is 16.8 Å². The number of thioether (sulfide) groups is 1. The lowest BCUT2D eigenvalue weighted by molar-refractivity contribution is -0.133. The molecular weight excluding hydrogens is 226 g/mol. The van der Waals surface area contributed by atoms with Gasteiger partial charge in [0.05, 0.1) is 5.92 Å². The molecule has 1 fully saturated rings. The highest BCUT2D eigenvalue weighted by Gasteiger charge is 2.32. The molecule has 3 N–H and O–H groups in total. The van der Waals surface area contributed by atoms with Crippen LogP contribution in [0.2, 0.25) is 0 Å². The molecule has 0 radical (unpaired) electrons. The van der Waals surface area contributed by atoms with Gasteiger partial charge in [0.1, 0.15) is 0 Å². The van der Waals surface area contributed by atoms with Crippen molar-refractivity contribution in [3.8, 4) is 0 Å². The third kappa shape index (κ3) is 3.04. The van der Waals surface area contributed by atoms with E-state index in [1.807, 2.05) is 11.8 Å². The molecular formula is C10H19N3O2S. The van der Waals surface area contributed by atoms with E-state index in [0.717, 1.165) is 12.3 Å². The molecule has 1 saturated heterocycles. The number of carbonyl (C=O) groups is 1. The summed E-state index contributed by atoms with van der Waals surface area (Å²) in [6.07, 6.45) is 0. The van der Waals surface area contributed by atoms with Gasteiger partial charge in [0.2, 0.25) is 5.91 Å². The van der Waals surface area contributed by atoms with Crippen LogP contribution in [0.5, 0.6) is 0 Å². The van der Waals surface area contributed by atoms with Crippen LogP contribution in [-0.4, -0.2) is 45.4 Å². The first kappa shape index (κ1) is 13.2. The van der Waals surface area contributed by atoms with E-state index in [1.165, 1.54) is 0 Å². The summed E-state index contributed by atoms with van der Waals surface area (Å²) in [5, 5.41) is 11.4. The third-order valence-corrected chi connectivity index (χ3v) is 3.96. The zero-order valence-corrected chi connectivity index (χ0v) is 10.8. The van der Waals surface area contributed by atoms with Crippen molar-refractivity contribution in [1.82, 2.24) is 4.90 Å². The SMILES string of the molecule is CC(C(=O)N1CCSC(C)(C)C1)C(N)=NO. The standard InChI is InChI=1S/C10H19N3O2S/c1-7(8(11)12-15)9(14)13-4-5-16-10(2,3)6-13/h7,15H,4-6H2,1-3H3,(H2,11,12). The Labute approximate surface area is 100 Å². The van der Waals surface area contributed by atoms with Gasteiger partial charge < -0.3 is 15.8 Å². The summed E-state index contributed by atoms with van der Waals surface area (Å²) >= 11 is 1.86. The number of hydrogen-bond acceptors (Lipinski definition) is 4. The molecule has 0 aromatic carbocycles. The second-order valence-corrected chi connectivity index (χ2v) is 6.42. The number of nitrogens with zero attached hydrogens (tertiary/aromatic N) is 2. The maximum Gasteiger partial charge on any atom is 0.233 e. The van der Waals surface area contributed by atoms with E-state index in [1.54, 1.807) is 11.8 Å². The molecule has 1 rings (SSSR count). The Morgan fingerprint density at radius 1 is 1.62 bits per heavy atom. The van der Waals surface area contributed by atoms with E-state index in [-0.39, 0.29) is 16.5 Å². The zero-order valence-electron chi connectivity index (χ0n) is 9.93. The van der Waals surface area contributed by atoms with E-state index in [0.29, 0.717) is 6.54 Å². The predicted octanol–water partition coefficient (Wildman–Crippen LogP) is 0.723. The highest BCUT2D eigenvalue weighted by Crippen LogP contribution is 2.30. The van der Waals surface area contributed by atoms with Crippen LogP contribution < -0.4 is 5.73 Å². The monoisotopic (exact) mass is 245 g/mol. The van der Waals surface area contributed by atoms with Crippen LogP contribution in [0.1, 0.15) is 20.8 Å². The molecule has 0 aromatic rings. The van der Waals surface area contributed by atoms with Crippen molar-refractivity contribution >= 4 is 23.5 Å². The topological polar surface area (TPSA) is 78.9 Å². The molecule has 1 aliphatic heterocycles. The van der Waals surface area contributed by atoms with E-state index in [4.69, 9.17) is 10.9 Å². The molecule has 6 heteroatoms. The number of hydrogen-bond donors (Lipinski definition) is 2. The molecule has 16 heavy (non-hydrogen) atoms. The van der Waals surface area contributed by atoms with Crippen molar-refractivity contribution in [3.05, 3.63) is 0 Å². The molecule has 0 aliphatic carbocycles. The van der Waals surface area contributed by atoms with Gasteiger partial charge in [0.25, 0.3) is 0 Å². The average molecular weight is 245 g/mol. The molecule has 0 spiro atoms. The normalized spacial score (nSPS) is 22.9. The number of amides is 1. The smallest absolute Gasteiger partial charge is 0.233 e. The predicted molar refractivity (Wildman–Crippen MR) is 65.7 cm³/mol. The Morgan fingerprint density at radius 2 is 2.25 bits per heavy atom. The lowest BCUT2D eigenvalue weighted by atomic mass is 10.1. The Hall–Kier alpha value is -0.910. The fourth-order valence-electron chi connectivity index (χ4n) is 1.69. The Morgan fingerprint density at radius 3 is 2.75 bits per heavy atom. The van der Waals surface area contributed by atoms with Gasteiger partial charge in [-0.1, -0.05) is 5.16 Å². The Kier molecular flexibility index (Phi) is 4.07. The van der Waals surface area contributed by atoms with Gasteiger partial charge in [0, 0.05) is 23.6 Å². The van der Waals surface area contributed by atoms with E-state index < -0.39 is 5.92 Å². The molecule has 1 unspecified atom stereocenters. The lowest BCUT2D eigenvalue weighted by Crippen LogP contribution is -2.49.